The second-order valence-electron chi connectivity index (χ2n) is 4.75. The van der Waals surface area contributed by atoms with E-state index in [4.69, 9.17) is 4.74 Å². The van der Waals surface area contributed by atoms with Crippen LogP contribution in [0.4, 0.5) is 0 Å². The molecular weight excluding hydrogens is 218 g/mol. The topological polar surface area (TPSA) is 44.8 Å². The Morgan fingerprint density at radius 2 is 2.12 bits per heavy atom. The first-order valence-corrected chi connectivity index (χ1v) is 6.61. The SMILES string of the molecule is CCC1COCCN1C(=O)CN1CCNCC1. The highest BCUT2D eigenvalue weighted by atomic mass is 16.5. The van der Waals surface area contributed by atoms with E-state index in [1.807, 2.05) is 4.90 Å². The number of amides is 1. The van der Waals surface area contributed by atoms with Gasteiger partial charge in [-0.05, 0) is 6.42 Å². The fourth-order valence-corrected chi connectivity index (χ4v) is 2.47. The molecule has 98 valence electrons. The van der Waals surface area contributed by atoms with Crippen LogP contribution in [-0.4, -0.2) is 74.2 Å². The molecule has 2 heterocycles. The van der Waals surface area contributed by atoms with Crippen LogP contribution in [0.5, 0.6) is 0 Å². The zero-order valence-electron chi connectivity index (χ0n) is 10.7. The van der Waals surface area contributed by atoms with Crippen molar-refractivity contribution in [2.75, 3.05) is 52.5 Å². The van der Waals surface area contributed by atoms with Crippen molar-refractivity contribution in [3.63, 3.8) is 0 Å². The third-order valence-corrected chi connectivity index (χ3v) is 3.59. The first-order chi connectivity index (χ1) is 8.31. The number of nitrogens with one attached hydrogen (secondary N) is 1. The van der Waals surface area contributed by atoms with Crippen LogP contribution in [0.15, 0.2) is 0 Å². The molecular formula is C12H23N3O2. The summed E-state index contributed by atoms with van der Waals surface area (Å²) in [6, 6.07) is 0.277. The Balaban J connectivity index is 1.84. The maximum absolute atomic E-state index is 12.2. The Kier molecular flexibility index (Phi) is 4.76. The van der Waals surface area contributed by atoms with Gasteiger partial charge in [0, 0.05) is 32.7 Å². The van der Waals surface area contributed by atoms with Crippen LogP contribution in [0.1, 0.15) is 13.3 Å². The minimum Gasteiger partial charge on any atom is -0.377 e. The van der Waals surface area contributed by atoms with Crippen LogP contribution in [0.25, 0.3) is 0 Å². The Morgan fingerprint density at radius 1 is 1.35 bits per heavy atom. The lowest BCUT2D eigenvalue weighted by Crippen LogP contribution is -2.53. The van der Waals surface area contributed by atoms with Crippen LogP contribution in [0.3, 0.4) is 0 Å². The van der Waals surface area contributed by atoms with E-state index in [1.165, 1.54) is 0 Å². The van der Waals surface area contributed by atoms with Gasteiger partial charge >= 0.3 is 0 Å². The third-order valence-electron chi connectivity index (χ3n) is 3.59. The molecule has 1 N–H and O–H groups in total. The van der Waals surface area contributed by atoms with Crippen LogP contribution in [-0.2, 0) is 9.53 Å². The molecule has 0 aliphatic carbocycles. The lowest BCUT2D eigenvalue weighted by atomic mass is 10.1. The number of carbonyl (C=O) groups is 1. The van der Waals surface area contributed by atoms with Gasteiger partial charge in [0.1, 0.15) is 0 Å². The highest BCUT2D eigenvalue weighted by Crippen LogP contribution is 2.11. The van der Waals surface area contributed by atoms with Crippen LogP contribution in [0.2, 0.25) is 0 Å². The summed E-state index contributed by atoms with van der Waals surface area (Å²) >= 11 is 0. The van der Waals surface area contributed by atoms with Crippen molar-refractivity contribution in [1.29, 1.82) is 0 Å². The molecule has 0 radical (unpaired) electrons. The molecule has 2 aliphatic heterocycles. The normalized spacial score (nSPS) is 27.1. The summed E-state index contributed by atoms with van der Waals surface area (Å²) in [5, 5.41) is 3.30. The zero-order chi connectivity index (χ0) is 12.1. The molecule has 0 bridgehead atoms. The molecule has 17 heavy (non-hydrogen) atoms. The van der Waals surface area contributed by atoms with E-state index in [0.717, 1.165) is 39.1 Å². The van der Waals surface area contributed by atoms with E-state index in [9.17, 15) is 4.79 Å². The average Bonchev–Trinajstić information content (AvgIpc) is 2.40. The molecule has 1 amide bonds. The molecule has 2 aliphatic rings. The van der Waals surface area contributed by atoms with Crippen molar-refractivity contribution in [2.45, 2.75) is 19.4 Å². The number of morpholine rings is 1. The van der Waals surface area contributed by atoms with Crippen molar-refractivity contribution in [3.05, 3.63) is 0 Å². The van der Waals surface area contributed by atoms with E-state index in [0.29, 0.717) is 19.8 Å². The van der Waals surface area contributed by atoms with E-state index in [2.05, 4.69) is 17.1 Å². The van der Waals surface area contributed by atoms with Crippen LogP contribution in [0, 0.1) is 0 Å². The molecule has 0 aromatic carbocycles. The molecule has 0 aromatic heterocycles. The van der Waals surface area contributed by atoms with Gasteiger partial charge < -0.3 is 15.0 Å². The molecule has 0 saturated carbocycles. The van der Waals surface area contributed by atoms with Crippen molar-refractivity contribution < 1.29 is 9.53 Å². The first kappa shape index (κ1) is 12.8. The fourth-order valence-electron chi connectivity index (χ4n) is 2.47. The maximum Gasteiger partial charge on any atom is 0.237 e. The quantitative estimate of drug-likeness (QED) is 0.725. The summed E-state index contributed by atoms with van der Waals surface area (Å²) in [7, 11) is 0. The van der Waals surface area contributed by atoms with Crippen molar-refractivity contribution in [1.82, 2.24) is 15.1 Å². The van der Waals surface area contributed by atoms with Gasteiger partial charge in [-0.25, -0.2) is 0 Å². The summed E-state index contributed by atoms with van der Waals surface area (Å²) in [6.07, 6.45) is 0.979. The Labute approximate surface area is 103 Å². The molecule has 0 aromatic rings. The van der Waals surface area contributed by atoms with Gasteiger partial charge in [0.15, 0.2) is 0 Å². The Morgan fingerprint density at radius 3 is 2.82 bits per heavy atom. The van der Waals surface area contributed by atoms with E-state index < -0.39 is 0 Å². The number of rotatable bonds is 3. The first-order valence-electron chi connectivity index (χ1n) is 6.61. The summed E-state index contributed by atoms with van der Waals surface area (Å²) in [6.45, 7) is 8.76. The lowest BCUT2D eigenvalue weighted by Gasteiger charge is -2.37. The highest BCUT2D eigenvalue weighted by molar-refractivity contribution is 5.78. The number of hydrogen-bond acceptors (Lipinski definition) is 4. The minimum absolute atomic E-state index is 0.266. The standard InChI is InChI=1S/C12H23N3O2/c1-2-11-10-17-8-7-15(11)12(16)9-14-5-3-13-4-6-14/h11,13H,2-10H2,1H3. The fraction of sp³-hybridized carbons (Fsp3) is 0.917. The number of ether oxygens (including phenoxy) is 1. The number of nitrogens with zero attached hydrogens (tertiary/aromatic N) is 2. The highest BCUT2D eigenvalue weighted by Gasteiger charge is 2.27. The summed E-state index contributed by atoms with van der Waals surface area (Å²) < 4.78 is 5.43. The van der Waals surface area contributed by atoms with Gasteiger partial charge in [-0.1, -0.05) is 6.92 Å². The van der Waals surface area contributed by atoms with Crippen molar-refractivity contribution in [3.8, 4) is 0 Å². The van der Waals surface area contributed by atoms with Gasteiger partial charge in [-0.3, -0.25) is 9.69 Å². The second kappa shape index (κ2) is 6.33. The number of carbonyl (C=O) groups excluding carboxylic acids is 1. The Bertz CT molecular complexity index is 254. The molecule has 0 spiro atoms. The molecule has 2 fully saturated rings. The molecule has 5 nitrogen and oxygen atoms in total. The Hall–Kier alpha value is -0.650. The summed E-state index contributed by atoms with van der Waals surface area (Å²) in [4.78, 5) is 16.5. The van der Waals surface area contributed by atoms with E-state index >= 15 is 0 Å². The maximum atomic E-state index is 12.2. The second-order valence-corrected chi connectivity index (χ2v) is 4.75. The smallest absolute Gasteiger partial charge is 0.237 e. The number of piperazine rings is 1. The van der Waals surface area contributed by atoms with Crippen LogP contribution >= 0.6 is 0 Å². The predicted octanol–water partition coefficient (Wildman–Crippen LogP) is -0.471. The van der Waals surface area contributed by atoms with E-state index in [1.54, 1.807) is 0 Å². The van der Waals surface area contributed by atoms with Gasteiger partial charge in [0.05, 0.1) is 25.8 Å². The largest absolute Gasteiger partial charge is 0.377 e. The predicted molar refractivity (Wildman–Crippen MR) is 65.9 cm³/mol. The third kappa shape index (κ3) is 3.40. The van der Waals surface area contributed by atoms with Gasteiger partial charge in [0.2, 0.25) is 5.91 Å². The molecule has 2 rings (SSSR count). The number of hydrogen-bond donors (Lipinski definition) is 1. The van der Waals surface area contributed by atoms with Crippen molar-refractivity contribution in [2.24, 2.45) is 0 Å². The zero-order valence-corrected chi connectivity index (χ0v) is 10.7. The summed E-state index contributed by atoms with van der Waals surface area (Å²) in [5.41, 5.74) is 0. The molecule has 1 atom stereocenters. The van der Waals surface area contributed by atoms with E-state index in [-0.39, 0.29) is 11.9 Å². The van der Waals surface area contributed by atoms with Crippen molar-refractivity contribution >= 4 is 5.91 Å². The summed E-state index contributed by atoms with van der Waals surface area (Å²) in [5.74, 6) is 0.266. The van der Waals surface area contributed by atoms with Gasteiger partial charge in [-0.2, -0.15) is 0 Å². The van der Waals surface area contributed by atoms with Gasteiger partial charge in [0.25, 0.3) is 0 Å². The van der Waals surface area contributed by atoms with Crippen LogP contribution < -0.4 is 5.32 Å². The molecule has 5 heteroatoms. The monoisotopic (exact) mass is 241 g/mol. The average molecular weight is 241 g/mol. The lowest BCUT2D eigenvalue weighted by molar-refractivity contribution is -0.141. The minimum atomic E-state index is 0.266. The molecule has 1 unspecified atom stereocenters. The van der Waals surface area contributed by atoms with Gasteiger partial charge in [-0.15, -0.1) is 0 Å². The molecule has 2 saturated heterocycles.